The van der Waals surface area contributed by atoms with Crippen LogP contribution in [0.1, 0.15) is 363 Å². The van der Waals surface area contributed by atoms with Crippen LogP contribution in [0.2, 0.25) is 0 Å². The van der Waals surface area contributed by atoms with Crippen LogP contribution in [-0.2, 0) is 6.42 Å². The highest BCUT2D eigenvalue weighted by atomic mass is 16.3. The minimum Gasteiger partial charge on any atom is -0.452 e. The first kappa shape index (κ1) is 109. The average molecular weight is 1320 g/mol. The molecule has 0 saturated heterocycles. The van der Waals surface area contributed by atoms with Crippen LogP contribution in [0.4, 0.5) is 0 Å². The second-order valence-corrected chi connectivity index (χ2v) is 43.7. The fourth-order valence-corrected chi connectivity index (χ4v) is 4.13. The van der Waals surface area contributed by atoms with E-state index >= 15 is 0 Å². The average Bonchev–Trinajstić information content (AvgIpc) is 4.00. The number of benzene rings is 3. The molecule has 0 N–H and O–H groups in total. The standard InChI is InChI=1S/C12H18.C12H14.C10H22.C10H20.C10H18.C6H6.6C5H12.C3H3NO/c2*1-12(2,3)10-9-11-7-5-4-6-8-11;3*1-9(2,3)7-8-10(4,5)6;1-2-4-6-5-3-1;6*1-5(2,3)4;1-2-5-3-4-1/h4-8H,9-10H2,1-3H3;4-8H,1-3H3;7-8H2,1-6H3;7-8H,1-6H3;1-6H3;1-6H;6*1-4H3;1-3H. The summed E-state index contributed by atoms with van der Waals surface area (Å²) in [4.78, 5) is 3.56. The van der Waals surface area contributed by atoms with Gasteiger partial charge in [0, 0.05) is 21.8 Å². The molecule has 0 bridgehead atoms. The number of allylic oxidation sites excluding steroid dienone is 2. The normalized spacial score (nSPS) is 11.7. The molecule has 556 valence electrons. The summed E-state index contributed by atoms with van der Waals surface area (Å²) in [6.07, 6.45) is 14.1. The Balaban J connectivity index is -0.000000122. The molecule has 0 spiro atoms. The second kappa shape index (κ2) is 51.8. The summed E-state index contributed by atoms with van der Waals surface area (Å²) in [7, 11) is 0. The zero-order valence-electron chi connectivity index (χ0n) is 73.8. The van der Waals surface area contributed by atoms with Gasteiger partial charge in [-0.15, -0.1) is 0 Å². The van der Waals surface area contributed by atoms with Crippen molar-refractivity contribution < 1.29 is 4.42 Å². The van der Waals surface area contributed by atoms with Crippen LogP contribution < -0.4 is 0 Å². The van der Waals surface area contributed by atoms with Crippen molar-refractivity contribution in [2.24, 2.45) is 75.8 Å². The maximum Gasteiger partial charge on any atom is 0.180 e. The van der Waals surface area contributed by atoms with Crippen LogP contribution >= 0.6 is 0 Å². The molecule has 4 rings (SSSR count). The van der Waals surface area contributed by atoms with Crippen LogP contribution in [-0.4, -0.2) is 4.98 Å². The molecule has 0 aliphatic heterocycles. The maximum atomic E-state index is 4.47. The lowest BCUT2D eigenvalue weighted by atomic mass is 9.81. The molecule has 1 aromatic heterocycles. The fraction of sp³-hybridized carbons (Fsp3) is 0.710. The molecule has 95 heavy (non-hydrogen) atoms. The Labute approximate surface area is 602 Å². The first-order chi connectivity index (χ1) is 41.3. The second-order valence-electron chi connectivity index (χ2n) is 43.7. The lowest BCUT2D eigenvalue weighted by Crippen LogP contribution is -2.12. The molecule has 0 saturated carbocycles. The molecule has 4 aromatic rings. The van der Waals surface area contributed by atoms with Gasteiger partial charge in [0.25, 0.3) is 0 Å². The monoisotopic (exact) mass is 1320 g/mol. The highest BCUT2D eigenvalue weighted by Gasteiger charge is 2.17. The predicted octanol–water partition coefficient (Wildman–Crippen LogP) is 32.0. The largest absolute Gasteiger partial charge is 0.452 e. The molecule has 0 aliphatic carbocycles. The zero-order valence-corrected chi connectivity index (χ0v) is 73.8. The van der Waals surface area contributed by atoms with E-state index in [4.69, 9.17) is 0 Å². The summed E-state index contributed by atoms with van der Waals surface area (Å²) < 4.78 is 4.47. The van der Waals surface area contributed by atoms with Crippen molar-refractivity contribution in [2.45, 2.75) is 358 Å². The van der Waals surface area contributed by atoms with Crippen LogP contribution in [0.15, 0.2) is 132 Å². The van der Waals surface area contributed by atoms with Crippen molar-refractivity contribution in [3.05, 3.63) is 139 Å². The molecule has 0 amide bonds. The number of hydrogen-bond donors (Lipinski definition) is 0. The van der Waals surface area contributed by atoms with Crippen LogP contribution in [0.25, 0.3) is 0 Å². The highest BCUT2D eigenvalue weighted by molar-refractivity contribution is 5.34. The van der Waals surface area contributed by atoms with E-state index in [1.54, 1.807) is 6.20 Å². The molecule has 0 unspecified atom stereocenters. The van der Waals surface area contributed by atoms with Gasteiger partial charge in [0.15, 0.2) is 6.39 Å². The van der Waals surface area contributed by atoms with E-state index < -0.39 is 0 Å². The Morgan fingerprint density at radius 3 is 0.684 bits per heavy atom. The van der Waals surface area contributed by atoms with Crippen molar-refractivity contribution in [2.75, 3.05) is 0 Å². The minimum absolute atomic E-state index is 0.0931. The van der Waals surface area contributed by atoms with E-state index in [-0.39, 0.29) is 16.2 Å². The fourth-order valence-electron chi connectivity index (χ4n) is 4.13. The number of rotatable bonds is 3. The third-order valence-electron chi connectivity index (χ3n) is 7.90. The van der Waals surface area contributed by atoms with E-state index in [1.807, 2.05) is 66.7 Å². The highest BCUT2D eigenvalue weighted by Crippen LogP contribution is 2.29. The van der Waals surface area contributed by atoms with Gasteiger partial charge in [-0.05, 0) is 165 Å². The third-order valence-corrected chi connectivity index (χ3v) is 7.90. The van der Waals surface area contributed by atoms with Gasteiger partial charge in [-0.1, -0.05) is 391 Å². The Hall–Kier alpha value is -4.27. The Morgan fingerprint density at radius 2 is 0.516 bits per heavy atom. The van der Waals surface area contributed by atoms with E-state index in [0.717, 1.165) is 5.56 Å². The van der Waals surface area contributed by atoms with Crippen LogP contribution in [0.3, 0.4) is 0 Å². The van der Waals surface area contributed by atoms with Crippen molar-refractivity contribution in [1.29, 1.82) is 0 Å². The minimum atomic E-state index is 0.0931. The molecule has 0 atom stereocenters. The molecule has 1 heterocycles. The smallest absolute Gasteiger partial charge is 0.180 e. The van der Waals surface area contributed by atoms with Gasteiger partial charge in [0.05, 0.1) is 6.20 Å². The number of hydrogen-bond acceptors (Lipinski definition) is 2. The third kappa shape index (κ3) is 222. The summed E-state index contributed by atoms with van der Waals surface area (Å²) in [6.45, 7) is 106. The predicted molar refractivity (Wildman–Crippen MR) is 444 cm³/mol. The quantitative estimate of drug-likeness (QED) is 0.151. The summed E-state index contributed by atoms with van der Waals surface area (Å²) in [6, 6.07) is 32.8. The van der Waals surface area contributed by atoms with Crippen molar-refractivity contribution in [1.82, 2.24) is 4.98 Å². The summed E-state index contributed by atoms with van der Waals surface area (Å²) in [5.41, 5.74) is 8.05. The van der Waals surface area contributed by atoms with Gasteiger partial charge in [-0.2, -0.15) is 0 Å². The van der Waals surface area contributed by atoms with Crippen molar-refractivity contribution >= 4 is 0 Å². The maximum absolute atomic E-state index is 4.47. The van der Waals surface area contributed by atoms with Gasteiger partial charge in [0.1, 0.15) is 6.26 Å². The molecule has 2 nitrogen and oxygen atoms in total. The first-order valence-corrected chi connectivity index (χ1v) is 36.0. The topological polar surface area (TPSA) is 26.0 Å². The molecule has 2 heteroatoms. The number of nitrogens with zero attached hydrogens (tertiary/aromatic N) is 1. The zero-order chi connectivity index (χ0) is 78.1. The van der Waals surface area contributed by atoms with E-state index in [2.05, 4.69) is 408 Å². The van der Waals surface area contributed by atoms with E-state index in [1.165, 1.54) is 43.9 Å². The van der Waals surface area contributed by atoms with Gasteiger partial charge in [-0.25, -0.2) is 4.98 Å². The van der Waals surface area contributed by atoms with Gasteiger partial charge in [-0.3, -0.25) is 0 Å². The van der Waals surface area contributed by atoms with Gasteiger partial charge < -0.3 is 4.42 Å². The first-order valence-electron chi connectivity index (χ1n) is 36.0. The Kier molecular flexibility index (Phi) is 59.7. The lowest BCUT2D eigenvalue weighted by Gasteiger charge is -2.24. The van der Waals surface area contributed by atoms with E-state index in [0.29, 0.717) is 59.6 Å². The summed E-state index contributed by atoms with van der Waals surface area (Å²) in [5.74, 6) is 12.7. The molecule has 0 aliphatic rings. The lowest BCUT2D eigenvalue weighted by molar-refractivity contribution is 0.275. The number of aryl methyl sites for hydroxylation is 1. The summed E-state index contributed by atoms with van der Waals surface area (Å²) in [5, 5.41) is 0. The SMILES string of the molecule is CC(C)(C)C.CC(C)(C)C.CC(C)(C)C.CC(C)(C)C.CC(C)(C)C.CC(C)(C)C.CC(C)(C)C#CC(C)(C)C.CC(C)(C)C#Cc1ccccc1.CC(C)(C)C=CC(C)(C)C.CC(C)(C)CCC(C)(C)C.CC(C)(C)CCc1ccccc1.c1ccccc1.c1cocn1. The Bertz CT molecular complexity index is 2170. The van der Waals surface area contributed by atoms with Crippen LogP contribution in [0.5, 0.6) is 0 Å². The molecule has 3 aromatic carbocycles. The van der Waals surface area contributed by atoms with Gasteiger partial charge >= 0.3 is 0 Å². The number of aromatic nitrogens is 1. The number of oxazole rings is 1. The van der Waals surface area contributed by atoms with Crippen LogP contribution in [0, 0.1) is 99.5 Å². The Morgan fingerprint density at radius 1 is 0.295 bits per heavy atom. The van der Waals surface area contributed by atoms with Crippen molar-refractivity contribution in [3.63, 3.8) is 0 Å². The molecule has 0 fully saturated rings. The van der Waals surface area contributed by atoms with Crippen molar-refractivity contribution in [3.8, 4) is 23.7 Å². The summed E-state index contributed by atoms with van der Waals surface area (Å²) >= 11 is 0. The molecule has 0 radical (unpaired) electrons. The molecular weight excluding hydrogens is 1150 g/mol. The van der Waals surface area contributed by atoms with E-state index in [9.17, 15) is 0 Å². The molecular formula is C93H173NO. The van der Waals surface area contributed by atoms with Gasteiger partial charge in [0.2, 0.25) is 0 Å².